The molecule has 1 atom stereocenters. The number of allylic oxidation sites excluding steroid dienone is 4. The lowest BCUT2D eigenvalue weighted by Gasteiger charge is -2.18. The molecule has 0 aromatic rings. The monoisotopic (exact) mass is 672 g/mol. The van der Waals surface area contributed by atoms with Crippen molar-refractivity contribution in [3.8, 4) is 0 Å². The number of phosphoric acid groups is 1. The van der Waals surface area contributed by atoms with Crippen molar-refractivity contribution in [1.82, 2.24) is 0 Å². The summed E-state index contributed by atoms with van der Waals surface area (Å²) in [6.07, 6.45) is 30.1. The highest BCUT2D eigenvalue weighted by Crippen LogP contribution is 2.36. The van der Waals surface area contributed by atoms with Crippen LogP contribution in [0.4, 0.5) is 0 Å². The van der Waals surface area contributed by atoms with Gasteiger partial charge in [0.15, 0.2) is 11.9 Å². The zero-order valence-corrected chi connectivity index (χ0v) is 29.9. The largest absolute Gasteiger partial charge is 0.469 e. The van der Waals surface area contributed by atoms with Crippen LogP contribution in [0.15, 0.2) is 24.3 Å². The van der Waals surface area contributed by atoms with E-state index in [0.717, 1.165) is 51.4 Å². The quantitative estimate of drug-likeness (QED) is 0.0229. The van der Waals surface area contributed by atoms with Crippen molar-refractivity contribution < 1.29 is 42.7 Å². The van der Waals surface area contributed by atoms with Gasteiger partial charge in [-0.15, -0.1) is 0 Å². The molecule has 9 nitrogen and oxygen atoms in total. The van der Waals surface area contributed by atoms with Gasteiger partial charge in [0, 0.05) is 19.3 Å². The van der Waals surface area contributed by atoms with E-state index in [-0.39, 0.29) is 25.2 Å². The number of ketones is 1. The molecule has 0 fully saturated rings. The zero-order valence-electron chi connectivity index (χ0n) is 29.0. The first-order chi connectivity index (χ1) is 22.2. The second kappa shape index (κ2) is 31.8. The fraction of sp³-hybridized carbons (Fsp3) is 0.806. The predicted molar refractivity (Wildman–Crippen MR) is 184 cm³/mol. The fourth-order valence-electron chi connectivity index (χ4n) is 4.94. The summed E-state index contributed by atoms with van der Waals surface area (Å²) in [5.41, 5.74) is 0. The zero-order chi connectivity index (χ0) is 34.1. The maximum Gasteiger partial charge on any atom is 0.469 e. The van der Waals surface area contributed by atoms with Crippen LogP contribution in [-0.4, -0.2) is 46.8 Å². The van der Waals surface area contributed by atoms with E-state index in [4.69, 9.17) is 19.3 Å². The number of carbonyl (C=O) groups is 3. The van der Waals surface area contributed by atoms with E-state index in [0.29, 0.717) is 19.3 Å². The highest BCUT2D eigenvalue weighted by molar-refractivity contribution is 7.46. The third-order valence-electron chi connectivity index (χ3n) is 7.70. The number of ether oxygens (including phenoxy) is 2. The molecule has 0 bridgehead atoms. The van der Waals surface area contributed by atoms with E-state index >= 15 is 0 Å². The number of unbranched alkanes of at least 4 members (excludes halogenated alkanes) is 18. The Morgan fingerprint density at radius 2 is 1.09 bits per heavy atom. The van der Waals surface area contributed by atoms with Gasteiger partial charge in [0.1, 0.15) is 6.61 Å². The van der Waals surface area contributed by atoms with Crippen LogP contribution < -0.4 is 0 Å². The second-order valence-corrected chi connectivity index (χ2v) is 13.5. The highest BCUT2D eigenvalue weighted by atomic mass is 31.2. The predicted octanol–water partition coefficient (Wildman–Crippen LogP) is 9.63. The minimum Gasteiger partial charge on any atom is -0.462 e. The molecule has 46 heavy (non-hydrogen) atoms. The molecule has 0 aromatic carbocycles. The molecule has 0 saturated carbocycles. The van der Waals surface area contributed by atoms with E-state index in [9.17, 15) is 18.9 Å². The van der Waals surface area contributed by atoms with Crippen molar-refractivity contribution in [3.63, 3.8) is 0 Å². The van der Waals surface area contributed by atoms with Gasteiger partial charge in [-0.1, -0.05) is 135 Å². The van der Waals surface area contributed by atoms with Crippen molar-refractivity contribution in [2.75, 3.05) is 13.2 Å². The maximum absolute atomic E-state index is 12.3. The molecule has 0 aliphatic rings. The van der Waals surface area contributed by atoms with Crippen LogP contribution in [0.3, 0.4) is 0 Å². The summed E-state index contributed by atoms with van der Waals surface area (Å²) in [5, 5.41) is 0. The van der Waals surface area contributed by atoms with Crippen LogP contribution in [0, 0.1) is 0 Å². The van der Waals surface area contributed by atoms with Gasteiger partial charge < -0.3 is 19.3 Å². The lowest BCUT2D eigenvalue weighted by molar-refractivity contribution is -0.161. The highest BCUT2D eigenvalue weighted by Gasteiger charge is 2.22. The van der Waals surface area contributed by atoms with Crippen LogP contribution in [0.5, 0.6) is 0 Å². The Morgan fingerprint density at radius 1 is 0.609 bits per heavy atom. The second-order valence-electron chi connectivity index (χ2n) is 12.2. The SMILES string of the molecule is CCCCC/C=C\C=C\C(=O)CCCCCCCC(=O)OC[C@H](COP(=O)(O)O)OC(=O)CCCCCCCCCCCCCC. The van der Waals surface area contributed by atoms with E-state index < -0.39 is 32.5 Å². The average Bonchev–Trinajstić information content (AvgIpc) is 3.01. The number of esters is 2. The molecule has 10 heteroatoms. The van der Waals surface area contributed by atoms with Crippen molar-refractivity contribution in [2.45, 2.75) is 174 Å². The van der Waals surface area contributed by atoms with Crippen LogP contribution >= 0.6 is 7.82 Å². The first-order valence-electron chi connectivity index (χ1n) is 18.1. The topological polar surface area (TPSA) is 136 Å². The van der Waals surface area contributed by atoms with Crippen LogP contribution in [0.25, 0.3) is 0 Å². The smallest absolute Gasteiger partial charge is 0.462 e. The minimum atomic E-state index is -4.77. The lowest BCUT2D eigenvalue weighted by Crippen LogP contribution is -2.29. The van der Waals surface area contributed by atoms with E-state index in [1.807, 2.05) is 12.2 Å². The van der Waals surface area contributed by atoms with Crippen LogP contribution in [0.2, 0.25) is 0 Å². The first kappa shape index (κ1) is 44.2. The van der Waals surface area contributed by atoms with Crippen molar-refractivity contribution in [3.05, 3.63) is 24.3 Å². The number of hydrogen-bond acceptors (Lipinski definition) is 7. The summed E-state index contributed by atoms with van der Waals surface area (Å²) in [4.78, 5) is 54.5. The first-order valence-corrected chi connectivity index (χ1v) is 19.6. The normalized spacial score (nSPS) is 12.6. The Labute approximate surface area is 279 Å². The third kappa shape index (κ3) is 33.6. The van der Waals surface area contributed by atoms with Gasteiger partial charge in [0.2, 0.25) is 0 Å². The molecular formula is C36H65O9P. The van der Waals surface area contributed by atoms with Gasteiger partial charge in [0.05, 0.1) is 6.61 Å². The third-order valence-corrected chi connectivity index (χ3v) is 8.18. The summed E-state index contributed by atoms with van der Waals surface area (Å²) in [6, 6.07) is 0. The average molecular weight is 673 g/mol. The number of phosphoric ester groups is 1. The molecule has 0 heterocycles. The molecule has 0 saturated heterocycles. The molecule has 0 aliphatic heterocycles. The lowest BCUT2D eigenvalue weighted by atomic mass is 10.0. The Kier molecular flexibility index (Phi) is 30.5. The molecule has 0 rings (SSSR count). The Hall–Kier alpha value is -1.80. The van der Waals surface area contributed by atoms with Crippen molar-refractivity contribution in [2.24, 2.45) is 0 Å². The molecule has 0 aliphatic carbocycles. The summed E-state index contributed by atoms with van der Waals surface area (Å²) in [7, 11) is -4.77. The number of rotatable bonds is 33. The molecule has 0 unspecified atom stereocenters. The van der Waals surface area contributed by atoms with Crippen LogP contribution in [-0.2, 0) is 32.9 Å². The van der Waals surface area contributed by atoms with Crippen LogP contribution in [0.1, 0.15) is 168 Å². The van der Waals surface area contributed by atoms with Crippen molar-refractivity contribution >= 4 is 25.5 Å². The summed E-state index contributed by atoms with van der Waals surface area (Å²) < 4.78 is 26.2. The number of hydrogen-bond donors (Lipinski definition) is 2. The molecule has 0 radical (unpaired) electrons. The molecule has 0 aromatic heterocycles. The molecule has 0 spiro atoms. The van der Waals surface area contributed by atoms with Gasteiger partial charge in [-0.2, -0.15) is 0 Å². The minimum absolute atomic E-state index is 0.119. The Bertz CT molecular complexity index is 866. The van der Waals surface area contributed by atoms with Gasteiger partial charge in [0.25, 0.3) is 0 Å². The molecule has 268 valence electrons. The molecular weight excluding hydrogens is 607 g/mol. The molecule has 2 N–H and O–H groups in total. The van der Waals surface area contributed by atoms with E-state index in [1.165, 1.54) is 70.6 Å². The summed E-state index contributed by atoms with van der Waals surface area (Å²) in [5.74, 6) is -0.856. The van der Waals surface area contributed by atoms with Gasteiger partial charge in [-0.25, -0.2) is 4.57 Å². The van der Waals surface area contributed by atoms with Gasteiger partial charge in [-0.05, 0) is 38.2 Å². The van der Waals surface area contributed by atoms with Gasteiger partial charge in [-0.3, -0.25) is 18.9 Å². The Morgan fingerprint density at radius 3 is 1.63 bits per heavy atom. The summed E-state index contributed by atoms with van der Waals surface area (Å²) in [6.45, 7) is 3.51. The van der Waals surface area contributed by atoms with Crippen molar-refractivity contribution in [1.29, 1.82) is 0 Å². The fourth-order valence-corrected chi connectivity index (χ4v) is 5.30. The van der Waals surface area contributed by atoms with E-state index in [1.54, 1.807) is 6.08 Å². The van der Waals surface area contributed by atoms with E-state index in [2.05, 4.69) is 24.4 Å². The standard InChI is InChI=1S/C36H65O9P/c1-3-5-7-9-11-12-13-14-15-17-21-26-30-36(39)45-34(32-44-46(40,41)42)31-43-35(38)29-25-22-18-20-24-28-33(37)27-23-19-16-10-8-6-4-2/h16,19,23,27,34H,3-15,17-18,20-22,24-26,28-32H2,1-2H3,(H2,40,41,42)/b19-16-,27-23+/t34-/m1/s1. The maximum atomic E-state index is 12.3. The Balaban J connectivity index is 4.07. The van der Waals surface area contributed by atoms with Gasteiger partial charge >= 0.3 is 19.8 Å². The molecule has 0 amide bonds. The summed E-state index contributed by atoms with van der Waals surface area (Å²) >= 11 is 0. The number of carbonyl (C=O) groups excluding carboxylic acids is 3.